The second kappa shape index (κ2) is 4.55. The number of azide groups is 1. The lowest BCUT2D eigenvalue weighted by atomic mass is 10.2. The highest BCUT2D eigenvalue weighted by molar-refractivity contribution is 5.97. The van der Waals surface area contributed by atoms with Gasteiger partial charge in [-0.05, 0) is 17.7 Å². The summed E-state index contributed by atoms with van der Waals surface area (Å²) in [6.45, 7) is 0.674. The number of amides is 1. The molecule has 0 bridgehead atoms. The van der Waals surface area contributed by atoms with E-state index in [0.29, 0.717) is 12.3 Å². The molecule has 0 saturated heterocycles. The summed E-state index contributed by atoms with van der Waals surface area (Å²) in [5.41, 5.74) is 8.92. The molecule has 1 heterocycles. The third kappa shape index (κ3) is 1.92. The molecule has 0 unspecified atom stereocenters. The fourth-order valence-corrected chi connectivity index (χ4v) is 1.59. The van der Waals surface area contributed by atoms with Gasteiger partial charge in [-0.3, -0.25) is 4.79 Å². The largest absolute Gasteiger partial charge is 0.482 e. The van der Waals surface area contributed by atoms with Crippen LogP contribution in [0.1, 0.15) is 0 Å². The first-order chi connectivity index (χ1) is 7.83. The number of carbonyl (C=O) groups excluding carboxylic acids is 1. The number of rotatable bonds is 3. The van der Waals surface area contributed by atoms with Crippen LogP contribution < -0.4 is 9.64 Å². The van der Waals surface area contributed by atoms with E-state index < -0.39 is 0 Å². The van der Waals surface area contributed by atoms with Gasteiger partial charge in [0.1, 0.15) is 5.75 Å². The maximum absolute atomic E-state index is 11.6. The number of hydrogen-bond acceptors (Lipinski definition) is 3. The molecule has 0 radical (unpaired) electrons. The number of hydrogen-bond donors (Lipinski definition) is 0. The van der Waals surface area contributed by atoms with Crippen molar-refractivity contribution in [1.82, 2.24) is 0 Å². The van der Waals surface area contributed by atoms with Gasteiger partial charge < -0.3 is 9.64 Å². The molecular weight excluding hydrogens is 208 g/mol. The summed E-state index contributed by atoms with van der Waals surface area (Å²) < 4.78 is 5.28. The van der Waals surface area contributed by atoms with Crippen molar-refractivity contribution in [3.63, 3.8) is 0 Å². The number of para-hydroxylation sites is 2. The zero-order chi connectivity index (χ0) is 11.4. The molecule has 0 saturated carbocycles. The van der Waals surface area contributed by atoms with Gasteiger partial charge in [-0.15, -0.1) is 0 Å². The molecule has 0 fully saturated rings. The van der Waals surface area contributed by atoms with Crippen LogP contribution >= 0.6 is 0 Å². The molecule has 0 atom stereocenters. The first kappa shape index (κ1) is 10.3. The maximum Gasteiger partial charge on any atom is 0.265 e. The highest BCUT2D eigenvalue weighted by Gasteiger charge is 2.24. The van der Waals surface area contributed by atoms with E-state index >= 15 is 0 Å². The molecule has 0 spiro atoms. The van der Waals surface area contributed by atoms with Crippen LogP contribution in [0.25, 0.3) is 10.4 Å². The van der Waals surface area contributed by atoms with Crippen molar-refractivity contribution in [1.29, 1.82) is 0 Å². The second-order valence-corrected chi connectivity index (χ2v) is 3.26. The molecule has 0 N–H and O–H groups in total. The Bertz CT molecular complexity index is 454. The van der Waals surface area contributed by atoms with Crippen LogP contribution in [0.3, 0.4) is 0 Å². The van der Waals surface area contributed by atoms with Gasteiger partial charge in [-0.25, -0.2) is 0 Å². The topological polar surface area (TPSA) is 78.3 Å². The number of carbonyl (C=O) groups is 1. The fourth-order valence-electron chi connectivity index (χ4n) is 1.59. The van der Waals surface area contributed by atoms with Crippen molar-refractivity contribution in [3.05, 3.63) is 34.7 Å². The lowest BCUT2D eigenvalue weighted by Crippen LogP contribution is -2.40. The van der Waals surface area contributed by atoms with Crippen LogP contribution in [-0.4, -0.2) is 25.6 Å². The fraction of sp³-hybridized carbons (Fsp3) is 0.300. The maximum atomic E-state index is 11.6. The monoisotopic (exact) mass is 218 g/mol. The summed E-state index contributed by atoms with van der Waals surface area (Å²) in [4.78, 5) is 15.9. The summed E-state index contributed by atoms with van der Waals surface area (Å²) in [5, 5.41) is 3.42. The molecule has 1 aromatic rings. The van der Waals surface area contributed by atoms with Crippen LogP contribution in [0.15, 0.2) is 29.4 Å². The van der Waals surface area contributed by atoms with E-state index in [2.05, 4.69) is 10.0 Å². The Labute approximate surface area is 92.1 Å². The van der Waals surface area contributed by atoms with Crippen molar-refractivity contribution in [2.45, 2.75) is 0 Å². The molecule has 6 heteroatoms. The highest BCUT2D eigenvalue weighted by Crippen LogP contribution is 2.30. The molecule has 0 aliphatic carbocycles. The van der Waals surface area contributed by atoms with Crippen molar-refractivity contribution in [3.8, 4) is 5.75 Å². The normalized spacial score (nSPS) is 13.8. The van der Waals surface area contributed by atoms with Crippen molar-refractivity contribution in [2.24, 2.45) is 5.11 Å². The molecule has 16 heavy (non-hydrogen) atoms. The Hall–Kier alpha value is -2.20. The average molecular weight is 218 g/mol. The Morgan fingerprint density at radius 1 is 1.50 bits per heavy atom. The summed E-state index contributed by atoms with van der Waals surface area (Å²) in [6, 6.07) is 7.30. The number of benzene rings is 1. The molecule has 6 nitrogen and oxygen atoms in total. The predicted molar refractivity (Wildman–Crippen MR) is 58.3 cm³/mol. The molecule has 1 amide bonds. The van der Waals surface area contributed by atoms with Crippen molar-refractivity contribution < 1.29 is 9.53 Å². The minimum absolute atomic E-state index is 0.0350. The Morgan fingerprint density at radius 3 is 3.12 bits per heavy atom. The lowest BCUT2D eigenvalue weighted by Gasteiger charge is -2.28. The summed E-state index contributed by atoms with van der Waals surface area (Å²) in [5.74, 6) is 0.565. The number of anilines is 1. The Morgan fingerprint density at radius 2 is 2.31 bits per heavy atom. The van der Waals surface area contributed by atoms with E-state index in [1.54, 1.807) is 4.90 Å². The average Bonchev–Trinajstić information content (AvgIpc) is 2.32. The minimum atomic E-state index is -0.119. The van der Waals surface area contributed by atoms with Crippen LogP contribution in [0.4, 0.5) is 5.69 Å². The SMILES string of the molecule is [N-]=[N+]=NCCN1C(=O)COc2ccccc21. The summed E-state index contributed by atoms with van der Waals surface area (Å²) in [6.07, 6.45) is 0. The van der Waals surface area contributed by atoms with Crippen LogP contribution in [0, 0.1) is 0 Å². The van der Waals surface area contributed by atoms with Gasteiger partial charge in [0.25, 0.3) is 5.91 Å². The second-order valence-electron chi connectivity index (χ2n) is 3.26. The number of ether oxygens (including phenoxy) is 1. The molecule has 2 rings (SSSR count). The van der Waals surface area contributed by atoms with E-state index in [-0.39, 0.29) is 19.1 Å². The van der Waals surface area contributed by atoms with E-state index in [1.807, 2.05) is 24.3 Å². The number of fused-ring (bicyclic) bond motifs is 1. The molecule has 0 aromatic heterocycles. The quantitative estimate of drug-likeness (QED) is 0.440. The van der Waals surface area contributed by atoms with Gasteiger partial charge in [0, 0.05) is 18.0 Å². The van der Waals surface area contributed by atoms with E-state index in [0.717, 1.165) is 5.69 Å². The smallest absolute Gasteiger partial charge is 0.265 e. The van der Waals surface area contributed by atoms with Crippen LogP contribution in [-0.2, 0) is 4.79 Å². The van der Waals surface area contributed by atoms with E-state index in [4.69, 9.17) is 10.3 Å². The lowest BCUT2D eigenvalue weighted by molar-refractivity contribution is -0.121. The van der Waals surface area contributed by atoms with Gasteiger partial charge >= 0.3 is 0 Å². The van der Waals surface area contributed by atoms with Crippen molar-refractivity contribution in [2.75, 3.05) is 24.6 Å². The standard InChI is InChI=1S/C10H10N4O2/c11-13-12-5-6-14-8-3-1-2-4-9(8)16-7-10(14)15/h1-4H,5-7H2. The molecular formula is C10H10N4O2. The van der Waals surface area contributed by atoms with Gasteiger partial charge in [0.05, 0.1) is 5.69 Å². The first-order valence-corrected chi connectivity index (χ1v) is 4.86. The zero-order valence-corrected chi connectivity index (χ0v) is 8.54. The minimum Gasteiger partial charge on any atom is -0.482 e. The predicted octanol–water partition coefficient (Wildman–Crippen LogP) is 1.72. The molecule has 82 valence electrons. The molecule has 1 aromatic carbocycles. The van der Waals surface area contributed by atoms with Crippen molar-refractivity contribution >= 4 is 11.6 Å². The van der Waals surface area contributed by atoms with Crippen LogP contribution in [0.5, 0.6) is 5.75 Å². The van der Waals surface area contributed by atoms with Gasteiger partial charge in [0.2, 0.25) is 0 Å². The molecule has 1 aliphatic rings. The summed E-state index contributed by atoms with van der Waals surface area (Å²) >= 11 is 0. The van der Waals surface area contributed by atoms with Crippen LogP contribution in [0.2, 0.25) is 0 Å². The first-order valence-electron chi connectivity index (χ1n) is 4.86. The third-order valence-corrected chi connectivity index (χ3v) is 2.30. The third-order valence-electron chi connectivity index (χ3n) is 2.30. The van der Waals surface area contributed by atoms with Gasteiger partial charge in [-0.2, -0.15) is 0 Å². The Balaban J connectivity index is 2.22. The summed E-state index contributed by atoms with van der Waals surface area (Å²) in [7, 11) is 0. The zero-order valence-electron chi connectivity index (χ0n) is 8.54. The molecule has 1 aliphatic heterocycles. The Kier molecular flexibility index (Phi) is 2.93. The highest BCUT2D eigenvalue weighted by atomic mass is 16.5. The van der Waals surface area contributed by atoms with Gasteiger partial charge in [0.15, 0.2) is 6.61 Å². The number of nitrogens with zero attached hydrogens (tertiary/aromatic N) is 4. The van der Waals surface area contributed by atoms with E-state index in [1.165, 1.54) is 0 Å². The van der Waals surface area contributed by atoms with E-state index in [9.17, 15) is 4.79 Å². The van der Waals surface area contributed by atoms with Gasteiger partial charge in [-0.1, -0.05) is 17.2 Å².